The SMILES string of the molecule is c1ccc(-c2ccc(N(c3ccc(-c4ccc5cc6c(cc5c4)sc4ccccc46)cc3)c3ccc4c(c3)c3ccccc3n4-c3ccccc3)cc2)cc1. The van der Waals surface area contributed by atoms with E-state index in [1.165, 1.54) is 75.0 Å². The molecule has 0 aliphatic rings. The van der Waals surface area contributed by atoms with Crippen LogP contribution in [0, 0.1) is 0 Å². The van der Waals surface area contributed by atoms with E-state index in [-0.39, 0.29) is 0 Å². The van der Waals surface area contributed by atoms with Crippen LogP contribution in [0.2, 0.25) is 0 Å². The van der Waals surface area contributed by atoms with Gasteiger partial charge in [0, 0.05) is 53.7 Å². The molecule has 11 aromatic rings. The molecule has 0 fully saturated rings. The van der Waals surface area contributed by atoms with Crippen molar-refractivity contribution >= 4 is 81.1 Å². The molecule has 0 atom stereocenters. The van der Waals surface area contributed by atoms with Crippen LogP contribution in [0.5, 0.6) is 0 Å². The molecule has 0 aliphatic carbocycles. The molecule has 9 aromatic carbocycles. The van der Waals surface area contributed by atoms with Gasteiger partial charge in [-0.05, 0) is 118 Å². The van der Waals surface area contributed by atoms with Crippen LogP contribution in [0.25, 0.3) is 80.7 Å². The Hall–Kier alpha value is -6.94. The lowest BCUT2D eigenvalue weighted by Gasteiger charge is -2.26. The van der Waals surface area contributed by atoms with Crippen molar-refractivity contribution in [2.75, 3.05) is 4.90 Å². The van der Waals surface area contributed by atoms with E-state index in [0.29, 0.717) is 0 Å². The first-order valence-corrected chi connectivity index (χ1v) is 19.6. The second-order valence-electron chi connectivity index (χ2n) is 14.2. The van der Waals surface area contributed by atoms with Crippen molar-refractivity contribution < 1.29 is 0 Å². The fourth-order valence-electron chi connectivity index (χ4n) is 8.29. The van der Waals surface area contributed by atoms with Gasteiger partial charge >= 0.3 is 0 Å². The highest BCUT2D eigenvalue weighted by molar-refractivity contribution is 7.25. The van der Waals surface area contributed by atoms with Gasteiger partial charge in [0.1, 0.15) is 0 Å². The predicted molar refractivity (Wildman–Crippen MR) is 237 cm³/mol. The fourth-order valence-corrected chi connectivity index (χ4v) is 9.42. The number of anilines is 3. The van der Waals surface area contributed by atoms with Crippen molar-refractivity contribution in [3.05, 3.63) is 206 Å². The molecule has 2 heterocycles. The summed E-state index contributed by atoms with van der Waals surface area (Å²) in [4.78, 5) is 2.38. The van der Waals surface area contributed by atoms with Crippen molar-refractivity contribution in [1.29, 1.82) is 0 Å². The van der Waals surface area contributed by atoms with E-state index < -0.39 is 0 Å². The summed E-state index contributed by atoms with van der Waals surface area (Å²) in [6.07, 6.45) is 0. The van der Waals surface area contributed by atoms with Crippen molar-refractivity contribution in [2.24, 2.45) is 0 Å². The van der Waals surface area contributed by atoms with Gasteiger partial charge in [0.2, 0.25) is 0 Å². The summed E-state index contributed by atoms with van der Waals surface area (Å²) < 4.78 is 5.04. The first-order valence-electron chi connectivity index (χ1n) is 18.7. The van der Waals surface area contributed by atoms with Gasteiger partial charge in [0.25, 0.3) is 0 Å². The van der Waals surface area contributed by atoms with E-state index >= 15 is 0 Å². The molecule has 11 rings (SSSR count). The summed E-state index contributed by atoms with van der Waals surface area (Å²) in [7, 11) is 0. The molecule has 0 bridgehead atoms. The smallest absolute Gasteiger partial charge is 0.0542 e. The second-order valence-corrected chi connectivity index (χ2v) is 15.3. The average Bonchev–Trinajstić information content (AvgIpc) is 3.78. The molecule has 0 amide bonds. The van der Waals surface area contributed by atoms with Gasteiger partial charge < -0.3 is 9.47 Å². The Balaban J connectivity index is 1.02. The first-order chi connectivity index (χ1) is 27.2. The Bertz CT molecular complexity index is 3180. The molecule has 0 radical (unpaired) electrons. The van der Waals surface area contributed by atoms with Gasteiger partial charge in [-0.3, -0.25) is 0 Å². The highest BCUT2D eigenvalue weighted by Crippen LogP contribution is 2.42. The second kappa shape index (κ2) is 12.9. The van der Waals surface area contributed by atoms with Gasteiger partial charge in [-0.25, -0.2) is 0 Å². The Morgan fingerprint density at radius 3 is 1.67 bits per heavy atom. The predicted octanol–water partition coefficient (Wildman–Crippen LogP) is 15.1. The van der Waals surface area contributed by atoms with Crippen LogP contribution in [0.4, 0.5) is 17.1 Å². The zero-order valence-electron chi connectivity index (χ0n) is 29.9. The topological polar surface area (TPSA) is 8.17 Å². The minimum atomic E-state index is 1.11. The van der Waals surface area contributed by atoms with E-state index in [9.17, 15) is 0 Å². The molecule has 0 spiro atoms. The number of hydrogen-bond donors (Lipinski definition) is 0. The zero-order chi connectivity index (χ0) is 36.3. The lowest BCUT2D eigenvalue weighted by Crippen LogP contribution is -2.10. The summed E-state index contributed by atoms with van der Waals surface area (Å²) in [5, 5.41) is 7.68. The number of benzene rings is 9. The average molecular weight is 719 g/mol. The van der Waals surface area contributed by atoms with Crippen LogP contribution in [0.15, 0.2) is 206 Å². The molecular formula is C52H34N2S. The quantitative estimate of drug-likeness (QED) is 0.166. The molecular weight excluding hydrogens is 685 g/mol. The van der Waals surface area contributed by atoms with Gasteiger partial charge in [-0.15, -0.1) is 11.3 Å². The molecule has 55 heavy (non-hydrogen) atoms. The molecule has 3 heteroatoms. The van der Waals surface area contributed by atoms with Gasteiger partial charge in [-0.2, -0.15) is 0 Å². The van der Waals surface area contributed by atoms with Gasteiger partial charge in [0.15, 0.2) is 0 Å². The van der Waals surface area contributed by atoms with E-state index in [2.05, 4.69) is 216 Å². The lowest BCUT2D eigenvalue weighted by molar-refractivity contribution is 1.18. The number of hydrogen-bond acceptors (Lipinski definition) is 2. The zero-order valence-corrected chi connectivity index (χ0v) is 30.7. The number of rotatable bonds is 6. The van der Waals surface area contributed by atoms with Crippen molar-refractivity contribution in [2.45, 2.75) is 0 Å². The minimum absolute atomic E-state index is 1.11. The number of para-hydroxylation sites is 2. The van der Waals surface area contributed by atoms with Crippen molar-refractivity contribution in [1.82, 2.24) is 4.57 Å². The molecule has 258 valence electrons. The van der Waals surface area contributed by atoms with E-state index in [4.69, 9.17) is 0 Å². The molecule has 0 saturated heterocycles. The standard InChI is InChI=1S/C52H34N2S/c1-3-11-35(12-4-1)36-21-25-42(26-22-36)53(44-29-30-50-47(34-44)45-15-7-9-17-49(45)54(50)41-13-5-2-6-14-41)43-27-23-37(24-28-43)38-19-20-39-32-48-46-16-8-10-18-51(46)55-52(48)33-40(39)31-38/h1-34H. The van der Waals surface area contributed by atoms with Crippen molar-refractivity contribution in [3.63, 3.8) is 0 Å². The third kappa shape index (κ3) is 5.40. The van der Waals surface area contributed by atoms with Crippen LogP contribution >= 0.6 is 11.3 Å². The molecule has 0 N–H and O–H groups in total. The largest absolute Gasteiger partial charge is 0.310 e. The van der Waals surface area contributed by atoms with Crippen LogP contribution in [-0.4, -0.2) is 4.57 Å². The van der Waals surface area contributed by atoms with Crippen LogP contribution in [0.1, 0.15) is 0 Å². The number of thiophene rings is 1. The summed E-state index contributed by atoms with van der Waals surface area (Å²) in [6, 6.07) is 75.2. The minimum Gasteiger partial charge on any atom is -0.310 e. The third-order valence-corrected chi connectivity index (χ3v) is 12.1. The highest BCUT2D eigenvalue weighted by Gasteiger charge is 2.18. The third-order valence-electron chi connectivity index (χ3n) is 11.0. The Labute approximate surface area is 323 Å². The van der Waals surface area contributed by atoms with E-state index in [0.717, 1.165) is 22.7 Å². The molecule has 0 unspecified atom stereocenters. The van der Waals surface area contributed by atoms with Crippen LogP contribution in [0.3, 0.4) is 0 Å². The summed E-state index contributed by atoms with van der Waals surface area (Å²) in [5.41, 5.74) is 11.7. The fraction of sp³-hybridized carbons (Fsp3) is 0. The Morgan fingerprint density at radius 2 is 0.909 bits per heavy atom. The summed E-state index contributed by atoms with van der Waals surface area (Å²) >= 11 is 1.87. The lowest BCUT2D eigenvalue weighted by atomic mass is 9.99. The maximum absolute atomic E-state index is 2.38. The molecule has 0 saturated carbocycles. The monoisotopic (exact) mass is 718 g/mol. The van der Waals surface area contributed by atoms with Gasteiger partial charge in [0.05, 0.1) is 11.0 Å². The Kier molecular flexibility index (Phi) is 7.39. The maximum Gasteiger partial charge on any atom is 0.0542 e. The Morgan fingerprint density at radius 1 is 0.327 bits per heavy atom. The number of nitrogens with zero attached hydrogens (tertiary/aromatic N) is 2. The molecule has 0 aliphatic heterocycles. The summed E-state index contributed by atoms with van der Waals surface area (Å²) in [6.45, 7) is 0. The molecule has 2 aromatic heterocycles. The van der Waals surface area contributed by atoms with Crippen molar-refractivity contribution in [3.8, 4) is 27.9 Å². The molecule has 2 nitrogen and oxygen atoms in total. The number of fused-ring (bicyclic) bond motifs is 7. The summed E-state index contributed by atoms with van der Waals surface area (Å²) in [5.74, 6) is 0. The highest BCUT2D eigenvalue weighted by atomic mass is 32.1. The van der Waals surface area contributed by atoms with Gasteiger partial charge in [-0.1, -0.05) is 121 Å². The maximum atomic E-state index is 2.38. The van der Waals surface area contributed by atoms with E-state index in [1.807, 2.05) is 11.3 Å². The normalized spacial score (nSPS) is 11.6. The van der Waals surface area contributed by atoms with Crippen LogP contribution in [-0.2, 0) is 0 Å². The van der Waals surface area contributed by atoms with Crippen LogP contribution < -0.4 is 4.90 Å². The number of aromatic nitrogens is 1. The first kappa shape index (κ1) is 31.6. The van der Waals surface area contributed by atoms with E-state index in [1.54, 1.807) is 0 Å².